The number of piperidine rings is 1. The summed E-state index contributed by atoms with van der Waals surface area (Å²) in [6.45, 7) is 4.65. The molecule has 1 aliphatic rings. The fraction of sp³-hybridized carbons (Fsp3) is 0.476. The van der Waals surface area contributed by atoms with Gasteiger partial charge < -0.3 is 10.2 Å². The molecule has 7 heteroatoms. The number of aryl methyl sites for hydroxylation is 2. The Kier molecular flexibility index (Phi) is 6.78. The van der Waals surface area contributed by atoms with Crippen molar-refractivity contribution in [2.45, 2.75) is 45.6 Å². The molecular weight excluding hydrogens is 372 g/mol. The Morgan fingerprint density at radius 1 is 1.21 bits per heavy atom. The molecule has 1 N–H and O–H groups in total. The van der Waals surface area contributed by atoms with Gasteiger partial charge in [-0.1, -0.05) is 0 Å². The number of nitrogens with zero attached hydrogens (tertiary/aromatic N) is 3. The summed E-state index contributed by atoms with van der Waals surface area (Å²) in [7, 11) is 0. The number of hydrogen-bond acceptors (Lipinski definition) is 4. The summed E-state index contributed by atoms with van der Waals surface area (Å²) in [5.74, 6) is 0.766. The Labute approximate surface area is 170 Å². The summed E-state index contributed by atoms with van der Waals surface area (Å²) >= 11 is 1.65. The quantitative estimate of drug-likeness (QED) is 0.805. The van der Waals surface area contributed by atoms with Crippen molar-refractivity contribution in [1.82, 2.24) is 14.7 Å². The molecule has 2 aromatic rings. The zero-order valence-electron chi connectivity index (χ0n) is 16.8. The van der Waals surface area contributed by atoms with Crippen LogP contribution in [0.15, 0.2) is 30.3 Å². The Balaban J connectivity index is 1.67. The van der Waals surface area contributed by atoms with E-state index in [4.69, 9.17) is 0 Å². The van der Waals surface area contributed by atoms with Crippen molar-refractivity contribution in [2.24, 2.45) is 0 Å². The van der Waals surface area contributed by atoms with Gasteiger partial charge in [0.15, 0.2) is 0 Å². The van der Waals surface area contributed by atoms with Crippen molar-refractivity contribution >= 4 is 29.3 Å². The molecule has 0 spiro atoms. The number of hydrogen-bond donors (Lipinski definition) is 1. The molecule has 1 atom stereocenters. The van der Waals surface area contributed by atoms with E-state index in [-0.39, 0.29) is 17.9 Å². The molecule has 1 saturated heterocycles. The maximum absolute atomic E-state index is 12.8. The van der Waals surface area contributed by atoms with Gasteiger partial charge in [0.2, 0.25) is 11.8 Å². The van der Waals surface area contributed by atoms with Crippen LogP contribution in [0.1, 0.15) is 37.1 Å². The second-order valence-electron chi connectivity index (χ2n) is 7.22. The van der Waals surface area contributed by atoms with E-state index in [1.807, 2.05) is 55.1 Å². The van der Waals surface area contributed by atoms with E-state index in [1.165, 1.54) is 0 Å². The number of benzene rings is 1. The number of anilines is 1. The van der Waals surface area contributed by atoms with Gasteiger partial charge in [0, 0.05) is 30.1 Å². The number of nitrogens with one attached hydrogen (secondary N) is 1. The summed E-state index contributed by atoms with van der Waals surface area (Å²) in [4.78, 5) is 27.1. The highest BCUT2D eigenvalue weighted by Crippen LogP contribution is 2.21. The highest BCUT2D eigenvalue weighted by molar-refractivity contribution is 7.98. The number of carbonyl (C=O) groups excluding carboxylic acids is 2. The summed E-state index contributed by atoms with van der Waals surface area (Å²) in [6.07, 6.45) is 5.14. The lowest BCUT2D eigenvalue weighted by molar-refractivity contribution is -0.140. The molecule has 0 aliphatic carbocycles. The molecule has 6 nitrogen and oxygen atoms in total. The molecular formula is C21H28N4O2S. The largest absolute Gasteiger partial charge is 0.331 e. The standard InChI is InChI=1S/C21H28N4O2S/c1-15-14-16(2)25(23-15)18-9-7-17(8-10-18)22-21(27)19-6-4-5-12-24(19)20(26)11-13-28-3/h7-10,14,19H,4-6,11-13H2,1-3H3,(H,22,27)/t19-/m0/s1. The number of rotatable bonds is 6. The first-order valence-electron chi connectivity index (χ1n) is 9.72. The van der Waals surface area contributed by atoms with Crippen LogP contribution in [0.3, 0.4) is 0 Å². The average molecular weight is 401 g/mol. The summed E-state index contributed by atoms with van der Waals surface area (Å²) < 4.78 is 1.88. The Morgan fingerprint density at radius 2 is 1.96 bits per heavy atom. The van der Waals surface area contributed by atoms with Gasteiger partial charge in [-0.15, -0.1) is 0 Å². The lowest BCUT2D eigenvalue weighted by Crippen LogP contribution is -2.50. The lowest BCUT2D eigenvalue weighted by atomic mass is 10.0. The van der Waals surface area contributed by atoms with Crippen LogP contribution >= 0.6 is 11.8 Å². The van der Waals surface area contributed by atoms with Crippen LogP contribution in [0.4, 0.5) is 5.69 Å². The van der Waals surface area contributed by atoms with E-state index < -0.39 is 0 Å². The van der Waals surface area contributed by atoms with Crippen molar-refractivity contribution < 1.29 is 9.59 Å². The van der Waals surface area contributed by atoms with E-state index in [2.05, 4.69) is 10.4 Å². The van der Waals surface area contributed by atoms with Crippen molar-refractivity contribution in [3.05, 3.63) is 41.7 Å². The normalized spacial score (nSPS) is 16.8. The SMILES string of the molecule is CSCCC(=O)N1CCCC[C@H]1C(=O)Nc1ccc(-n2nc(C)cc2C)cc1. The van der Waals surface area contributed by atoms with Gasteiger partial charge in [0.05, 0.1) is 11.4 Å². The van der Waals surface area contributed by atoms with Gasteiger partial charge >= 0.3 is 0 Å². The Hall–Kier alpha value is -2.28. The fourth-order valence-corrected chi connectivity index (χ4v) is 4.02. The topological polar surface area (TPSA) is 67.2 Å². The van der Waals surface area contributed by atoms with Crippen LogP contribution in [-0.2, 0) is 9.59 Å². The predicted molar refractivity (Wildman–Crippen MR) is 114 cm³/mol. The monoisotopic (exact) mass is 400 g/mol. The van der Waals surface area contributed by atoms with Gasteiger partial charge in [-0.25, -0.2) is 4.68 Å². The first kappa shape index (κ1) is 20.5. The number of likely N-dealkylation sites (tertiary alicyclic amines) is 1. The van der Waals surface area contributed by atoms with Crippen LogP contribution in [0.2, 0.25) is 0 Å². The van der Waals surface area contributed by atoms with Gasteiger partial charge in [-0.05, 0) is 69.7 Å². The number of carbonyl (C=O) groups is 2. The third kappa shape index (κ3) is 4.76. The molecule has 0 bridgehead atoms. The predicted octanol–water partition coefficient (Wildman–Crippen LogP) is 3.56. The minimum absolute atomic E-state index is 0.0778. The van der Waals surface area contributed by atoms with Gasteiger partial charge in [0.1, 0.15) is 6.04 Å². The number of thioether (sulfide) groups is 1. The summed E-state index contributed by atoms with van der Waals surface area (Å²) in [6, 6.07) is 9.30. The highest BCUT2D eigenvalue weighted by atomic mass is 32.2. The minimum atomic E-state index is -0.376. The molecule has 3 rings (SSSR count). The molecule has 1 fully saturated rings. The van der Waals surface area contributed by atoms with Crippen LogP contribution < -0.4 is 5.32 Å². The molecule has 1 aromatic heterocycles. The molecule has 28 heavy (non-hydrogen) atoms. The van der Waals surface area contributed by atoms with Crippen LogP contribution in [-0.4, -0.2) is 51.1 Å². The zero-order valence-corrected chi connectivity index (χ0v) is 17.6. The first-order valence-corrected chi connectivity index (χ1v) is 11.1. The molecule has 150 valence electrons. The van der Waals surface area contributed by atoms with E-state index in [9.17, 15) is 9.59 Å². The molecule has 2 heterocycles. The molecule has 1 aliphatic heterocycles. The Morgan fingerprint density at radius 3 is 2.61 bits per heavy atom. The maximum atomic E-state index is 12.8. The van der Waals surface area contributed by atoms with Gasteiger partial charge in [0.25, 0.3) is 0 Å². The van der Waals surface area contributed by atoms with Crippen molar-refractivity contribution in [2.75, 3.05) is 23.9 Å². The lowest BCUT2D eigenvalue weighted by Gasteiger charge is -2.34. The first-order chi connectivity index (χ1) is 13.5. The number of aromatic nitrogens is 2. The minimum Gasteiger partial charge on any atom is -0.331 e. The third-order valence-corrected chi connectivity index (χ3v) is 5.65. The molecule has 0 radical (unpaired) electrons. The van der Waals surface area contributed by atoms with E-state index in [0.717, 1.165) is 47.8 Å². The zero-order chi connectivity index (χ0) is 20.1. The third-order valence-electron chi connectivity index (χ3n) is 5.03. The molecule has 2 amide bonds. The van der Waals surface area contributed by atoms with E-state index in [1.54, 1.807) is 16.7 Å². The van der Waals surface area contributed by atoms with Crippen molar-refractivity contribution in [1.29, 1.82) is 0 Å². The number of amides is 2. The van der Waals surface area contributed by atoms with E-state index >= 15 is 0 Å². The van der Waals surface area contributed by atoms with Crippen LogP contribution in [0.5, 0.6) is 0 Å². The van der Waals surface area contributed by atoms with Crippen molar-refractivity contribution in [3.63, 3.8) is 0 Å². The summed E-state index contributed by atoms with van der Waals surface area (Å²) in [5.41, 5.74) is 3.72. The molecule has 0 unspecified atom stereocenters. The van der Waals surface area contributed by atoms with Crippen LogP contribution in [0, 0.1) is 13.8 Å². The smallest absolute Gasteiger partial charge is 0.247 e. The van der Waals surface area contributed by atoms with Gasteiger partial charge in [-0.3, -0.25) is 9.59 Å². The van der Waals surface area contributed by atoms with Gasteiger partial charge in [-0.2, -0.15) is 16.9 Å². The van der Waals surface area contributed by atoms with E-state index in [0.29, 0.717) is 13.0 Å². The average Bonchev–Trinajstić information content (AvgIpc) is 3.04. The molecule has 0 saturated carbocycles. The maximum Gasteiger partial charge on any atom is 0.247 e. The second-order valence-corrected chi connectivity index (χ2v) is 8.20. The highest BCUT2D eigenvalue weighted by Gasteiger charge is 2.31. The van der Waals surface area contributed by atoms with Crippen molar-refractivity contribution in [3.8, 4) is 5.69 Å². The second kappa shape index (κ2) is 9.28. The molecule has 1 aromatic carbocycles. The Bertz CT molecular complexity index is 831. The fourth-order valence-electron chi connectivity index (χ4n) is 3.64. The van der Waals surface area contributed by atoms with Crippen LogP contribution in [0.25, 0.3) is 5.69 Å². The summed E-state index contributed by atoms with van der Waals surface area (Å²) in [5, 5.41) is 7.47.